The van der Waals surface area contributed by atoms with Crippen molar-refractivity contribution < 1.29 is 4.79 Å². The first-order valence-electron chi connectivity index (χ1n) is 6.45. The van der Waals surface area contributed by atoms with E-state index in [1.807, 2.05) is 41.2 Å². The highest BCUT2D eigenvalue weighted by molar-refractivity contribution is 5.82. The van der Waals surface area contributed by atoms with E-state index >= 15 is 0 Å². The van der Waals surface area contributed by atoms with Crippen molar-refractivity contribution in [1.82, 2.24) is 9.78 Å². The van der Waals surface area contributed by atoms with Gasteiger partial charge in [0.05, 0.1) is 12.1 Å². The fourth-order valence-electron chi connectivity index (χ4n) is 1.95. The number of anilines is 1. The van der Waals surface area contributed by atoms with E-state index in [9.17, 15) is 4.79 Å². The summed E-state index contributed by atoms with van der Waals surface area (Å²) in [5, 5.41) is 4.38. The topological polar surface area (TPSA) is 60.9 Å². The van der Waals surface area contributed by atoms with Gasteiger partial charge in [0, 0.05) is 24.3 Å². The zero-order valence-corrected chi connectivity index (χ0v) is 11.3. The number of hydrogen-bond acceptors (Lipinski definition) is 3. The second-order valence-electron chi connectivity index (χ2n) is 5.02. The van der Waals surface area contributed by atoms with Crippen molar-refractivity contribution in [2.24, 2.45) is 0 Å². The van der Waals surface area contributed by atoms with Gasteiger partial charge in [-0.05, 0) is 37.6 Å². The smallest absolute Gasteiger partial charge is 0.143 e. The second kappa shape index (κ2) is 5.69. The Labute approximate surface area is 113 Å². The third-order valence-corrected chi connectivity index (χ3v) is 2.92. The lowest BCUT2D eigenvalue weighted by atomic mass is 10.1. The van der Waals surface area contributed by atoms with Crippen LogP contribution in [-0.4, -0.2) is 15.6 Å². The Morgan fingerprint density at radius 1 is 1.32 bits per heavy atom. The molecule has 0 aliphatic heterocycles. The standard InChI is InChI=1S/C15H19N3O/c1-11(2)18-7-6-14(17-18)10-15(19)9-12-4-3-5-13(16)8-12/h3-8,11H,9-10,16H2,1-2H3. The number of aromatic nitrogens is 2. The number of Topliss-reactive ketones (excluding diaryl/α,β-unsaturated/α-hetero) is 1. The number of carbonyl (C=O) groups is 1. The Kier molecular flexibility index (Phi) is 4.00. The van der Waals surface area contributed by atoms with E-state index in [4.69, 9.17) is 5.73 Å². The summed E-state index contributed by atoms with van der Waals surface area (Å²) in [5.74, 6) is 0.152. The second-order valence-corrected chi connectivity index (χ2v) is 5.02. The monoisotopic (exact) mass is 257 g/mol. The number of benzene rings is 1. The number of nitrogen functional groups attached to an aromatic ring is 1. The summed E-state index contributed by atoms with van der Waals surface area (Å²) in [6, 6.07) is 9.66. The molecular weight excluding hydrogens is 238 g/mol. The van der Waals surface area contributed by atoms with Crippen molar-refractivity contribution in [2.45, 2.75) is 32.7 Å². The summed E-state index contributed by atoms with van der Waals surface area (Å²) in [6.45, 7) is 4.12. The third-order valence-electron chi connectivity index (χ3n) is 2.92. The van der Waals surface area contributed by atoms with Crippen LogP contribution in [0.5, 0.6) is 0 Å². The van der Waals surface area contributed by atoms with E-state index < -0.39 is 0 Å². The Balaban J connectivity index is 1.97. The molecule has 0 amide bonds. The van der Waals surface area contributed by atoms with E-state index in [0.29, 0.717) is 24.6 Å². The number of hydrogen-bond donors (Lipinski definition) is 1. The van der Waals surface area contributed by atoms with Crippen LogP contribution in [0.25, 0.3) is 0 Å². The zero-order chi connectivity index (χ0) is 13.8. The minimum Gasteiger partial charge on any atom is -0.399 e. The van der Waals surface area contributed by atoms with E-state index in [-0.39, 0.29) is 5.78 Å². The van der Waals surface area contributed by atoms with Crippen molar-refractivity contribution in [3.05, 3.63) is 47.8 Å². The van der Waals surface area contributed by atoms with Gasteiger partial charge in [-0.3, -0.25) is 9.48 Å². The molecule has 4 nitrogen and oxygen atoms in total. The first-order valence-corrected chi connectivity index (χ1v) is 6.45. The van der Waals surface area contributed by atoms with Gasteiger partial charge in [0.2, 0.25) is 0 Å². The Morgan fingerprint density at radius 2 is 2.11 bits per heavy atom. The van der Waals surface area contributed by atoms with Crippen LogP contribution in [0.4, 0.5) is 5.69 Å². The van der Waals surface area contributed by atoms with Gasteiger partial charge in [-0.15, -0.1) is 0 Å². The molecule has 0 aliphatic rings. The normalized spacial score (nSPS) is 10.9. The molecule has 19 heavy (non-hydrogen) atoms. The molecule has 0 aliphatic carbocycles. The molecule has 0 unspecified atom stereocenters. The molecule has 1 aromatic carbocycles. The molecule has 1 aromatic heterocycles. The van der Waals surface area contributed by atoms with Crippen LogP contribution in [0.1, 0.15) is 31.1 Å². The van der Waals surface area contributed by atoms with Gasteiger partial charge in [-0.2, -0.15) is 5.10 Å². The van der Waals surface area contributed by atoms with Crippen LogP contribution in [0.3, 0.4) is 0 Å². The van der Waals surface area contributed by atoms with Gasteiger partial charge in [0.1, 0.15) is 5.78 Å². The largest absolute Gasteiger partial charge is 0.399 e. The number of ketones is 1. The fraction of sp³-hybridized carbons (Fsp3) is 0.333. The molecule has 0 fully saturated rings. The van der Waals surface area contributed by atoms with Crippen molar-refractivity contribution in [3.63, 3.8) is 0 Å². The first-order chi connectivity index (χ1) is 9.04. The van der Waals surface area contributed by atoms with Gasteiger partial charge in [0.15, 0.2) is 0 Å². The molecule has 0 saturated carbocycles. The maximum atomic E-state index is 12.0. The molecule has 0 saturated heterocycles. The number of rotatable bonds is 5. The SMILES string of the molecule is CC(C)n1ccc(CC(=O)Cc2cccc(N)c2)n1. The summed E-state index contributed by atoms with van der Waals surface area (Å²) in [4.78, 5) is 12.0. The maximum absolute atomic E-state index is 12.0. The quantitative estimate of drug-likeness (QED) is 0.837. The maximum Gasteiger partial charge on any atom is 0.143 e. The number of carbonyl (C=O) groups excluding carboxylic acids is 1. The van der Waals surface area contributed by atoms with E-state index in [1.54, 1.807) is 0 Å². The highest BCUT2D eigenvalue weighted by atomic mass is 16.1. The van der Waals surface area contributed by atoms with Gasteiger partial charge in [0.25, 0.3) is 0 Å². The Bertz CT molecular complexity index is 572. The van der Waals surface area contributed by atoms with E-state index in [2.05, 4.69) is 18.9 Å². The molecule has 0 atom stereocenters. The van der Waals surface area contributed by atoms with E-state index in [0.717, 1.165) is 11.3 Å². The molecule has 0 radical (unpaired) electrons. The predicted molar refractivity (Wildman–Crippen MR) is 75.9 cm³/mol. The lowest BCUT2D eigenvalue weighted by Gasteiger charge is -2.04. The molecule has 0 spiro atoms. The lowest BCUT2D eigenvalue weighted by molar-refractivity contribution is -0.117. The van der Waals surface area contributed by atoms with Gasteiger partial charge in [-0.1, -0.05) is 12.1 Å². The molecule has 1 heterocycles. The summed E-state index contributed by atoms with van der Waals surface area (Å²) in [5.41, 5.74) is 8.16. The van der Waals surface area contributed by atoms with Gasteiger partial charge in [-0.25, -0.2) is 0 Å². The van der Waals surface area contributed by atoms with E-state index in [1.165, 1.54) is 0 Å². The predicted octanol–water partition coefficient (Wildman–Crippen LogP) is 2.40. The summed E-state index contributed by atoms with van der Waals surface area (Å²) in [7, 11) is 0. The van der Waals surface area contributed by atoms with Crippen LogP contribution in [0.15, 0.2) is 36.5 Å². The molecule has 0 bridgehead atoms. The molecule has 100 valence electrons. The molecule has 2 N–H and O–H groups in total. The molecular formula is C15H19N3O. The highest BCUT2D eigenvalue weighted by Crippen LogP contribution is 2.10. The fourth-order valence-corrected chi connectivity index (χ4v) is 1.95. The summed E-state index contributed by atoms with van der Waals surface area (Å²) < 4.78 is 1.86. The Hall–Kier alpha value is -2.10. The van der Waals surface area contributed by atoms with Crippen molar-refractivity contribution in [1.29, 1.82) is 0 Å². The minimum atomic E-state index is 0.152. The van der Waals surface area contributed by atoms with Crippen molar-refractivity contribution in [2.75, 3.05) is 5.73 Å². The average Bonchev–Trinajstić information content (AvgIpc) is 2.77. The summed E-state index contributed by atoms with van der Waals surface area (Å²) in [6.07, 6.45) is 2.68. The number of nitrogens with two attached hydrogens (primary N) is 1. The summed E-state index contributed by atoms with van der Waals surface area (Å²) >= 11 is 0. The highest BCUT2D eigenvalue weighted by Gasteiger charge is 2.09. The van der Waals surface area contributed by atoms with Crippen LogP contribution in [0.2, 0.25) is 0 Å². The zero-order valence-electron chi connectivity index (χ0n) is 11.3. The minimum absolute atomic E-state index is 0.152. The van der Waals surface area contributed by atoms with Crippen LogP contribution in [0, 0.1) is 0 Å². The van der Waals surface area contributed by atoms with Crippen LogP contribution in [-0.2, 0) is 17.6 Å². The van der Waals surface area contributed by atoms with Gasteiger partial charge < -0.3 is 5.73 Å². The van der Waals surface area contributed by atoms with Crippen molar-refractivity contribution in [3.8, 4) is 0 Å². The Morgan fingerprint density at radius 3 is 2.74 bits per heavy atom. The average molecular weight is 257 g/mol. The number of nitrogens with zero attached hydrogens (tertiary/aromatic N) is 2. The van der Waals surface area contributed by atoms with Crippen LogP contribution < -0.4 is 5.73 Å². The molecule has 2 rings (SSSR count). The third kappa shape index (κ3) is 3.68. The lowest BCUT2D eigenvalue weighted by Crippen LogP contribution is -2.08. The van der Waals surface area contributed by atoms with Crippen molar-refractivity contribution >= 4 is 11.5 Å². The molecule has 2 aromatic rings. The van der Waals surface area contributed by atoms with Gasteiger partial charge >= 0.3 is 0 Å². The van der Waals surface area contributed by atoms with Crippen LogP contribution >= 0.6 is 0 Å². The first kappa shape index (κ1) is 13.3. The molecule has 4 heteroatoms.